The summed E-state index contributed by atoms with van der Waals surface area (Å²) in [6, 6.07) is 1.93. The van der Waals surface area contributed by atoms with Crippen molar-refractivity contribution in [3.63, 3.8) is 0 Å². The number of aryl methyl sites for hydroxylation is 1. The Labute approximate surface area is 106 Å². The van der Waals surface area contributed by atoms with Gasteiger partial charge in [0, 0.05) is 41.8 Å². The van der Waals surface area contributed by atoms with Crippen LogP contribution in [0.3, 0.4) is 0 Å². The highest BCUT2D eigenvalue weighted by Gasteiger charge is 2.06. The molecule has 0 bridgehead atoms. The normalized spacial score (nSPS) is 12.3. The highest BCUT2D eigenvalue weighted by atomic mass is 16.1. The molecule has 0 spiro atoms. The molecule has 5 heteroatoms. The van der Waals surface area contributed by atoms with Gasteiger partial charge in [-0.05, 0) is 31.3 Å². The zero-order valence-corrected chi connectivity index (χ0v) is 10.3. The van der Waals surface area contributed by atoms with Crippen LogP contribution in [-0.2, 0) is 4.79 Å². The van der Waals surface area contributed by atoms with E-state index in [1.165, 1.54) is 6.20 Å². The highest BCUT2D eigenvalue weighted by molar-refractivity contribution is 5.95. The van der Waals surface area contributed by atoms with Gasteiger partial charge >= 0.3 is 0 Å². The van der Waals surface area contributed by atoms with Gasteiger partial charge in [0.25, 0.3) is 0 Å². The van der Waals surface area contributed by atoms with Crippen molar-refractivity contribution in [1.29, 1.82) is 0 Å². The molecule has 18 heavy (non-hydrogen) atoms. The average Bonchev–Trinajstić information content (AvgIpc) is 2.34. The molecule has 1 aromatic heterocycles. The fraction of sp³-hybridized carbons (Fsp3) is 0.154. The van der Waals surface area contributed by atoms with Crippen molar-refractivity contribution in [3.8, 4) is 0 Å². The maximum Gasteiger partial charge on any atom is 0.245 e. The van der Waals surface area contributed by atoms with E-state index in [1.807, 2.05) is 13.0 Å². The van der Waals surface area contributed by atoms with E-state index in [0.29, 0.717) is 11.1 Å². The van der Waals surface area contributed by atoms with E-state index in [1.54, 1.807) is 18.5 Å². The molecule has 1 heterocycles. The number of nitrogens with two attached hydrogens (primary N) is 2. The summed E-state index contributed by atoms with van der Waals surface area (Å²) in [6.45, 7) is 5.40. The first-order chi connectivity index (χ1) is 8.58. The molecule has 0 aliphatic rings. The van der Waals surface area contributed by atoms with Crippen LogP contribution < -0.4 is 11.5 Å². The van der Waals surface area contributed by atoms with E-state index in [4.69, 9.17) is 11.5 Å². The minimum atomic E-state index is -0.548. The molecule has 4 N–H and O–H groups in total. The van der Waals surface area contributed by atoms with Gasteiger partial charge in [-0.1, -0.05) is 0 Å². The minimum absolute atomic E-state index is 0.0725. The number of pyridine rings is 1. The number of aromatic nitrogens is 1. The number of carbonyl (C=O) groups is 1. The first-order valence-corrected chi connectivity index (χ1v) is 5.37. The van der Waals surface area contributed by atoms with Crippen LogP contribution >= 0.6 is 0 Å². The van der Waals surface area contributed by atoms with Gasteiger partial charge in [0.05, 0.1) is 0 Å². The lowest BCUT2D eigenvalue weighted by Crippen LogP contribution is -2.20. The molecule has 0 saturated carbocycles. The molecule has 0 atom stereocenters. The van der Waals surface area contributed by atoms with Crippen LogP contribution in [0.15, 0.2) is 41.3 Å². The highest BCUT2D eigenvalue weighted by Crippen LogP contribution is 2.17. The van der Waals surface area contributed by atoms with Gasteiger partial charge in [-0.3, -0.25) is 14.8 Å². The predicted molar refractivity (Wildman–Crippen MR) is 72.8 cm³/mol. The van der Waals surface area contributed by atoms with Crippen LogP contribution in [0, 0.1) is 6.92 Å². The van der Waals surface area contributed by atoms with Gasteiger partial charge < -0.3 is 11.5 Å². The third kappa shape index (κ3) is 3.64. The van der Waals surface area contributed by atoms with Crippen LogP contribution in [-0.4, -0.2) is 24.2 Å². The van der Waals surface area contributed by atoms with Crippen LogP contribution in [0.1, 0.15) is 11.1 Å². The Morgan fingerprint density at radius 3 is 2.78 bits per heavy atom. The summed E-state index contributed by atoms with van der Waals surface area (Å²) in [4.78, 5) is 19.0. The second-order valence-corrected chi connectivity index (χ2v) is 3.76. The van der Waals surface area contributed by atoms with Crippen molar-refractivity contribution < 1.29 is 4.79 Å². The Kier molecular flexibility index (Phi) is 4.95. The minimum Gasteiger partial charge on any atom is -0.366 e. The van der Waals surface area contributed by atoms with E-state index in [2.05, 4.69) is 16.7 Å². The van der Waals surface area contributed by atoms with Crippen LogP contribution in [0.2, 0.25) is 0 Å². The summed E-state index contributed by atoms with van der Waals surface area (Å²) in [5.74, 6) is -0.548. The summed E-state index contributed by atoms with van der Waals surface area (Å²) in [6.07, 6.45) is 6.56. The number of carbonyl (C=O) groups excluding carboxylic acids is 1. The second-order valence-electron chi connectivity index (χ2n) is 3.76. The first-order valence-electron chi connectivity index (χ1n) is 5.37. The molecular weight excluding hydrogens is 228 g/mol. The Bertz CT molecular complexity index is 517. The van der Waals surface area contributed by atoms with E-state index in [0.717, 1.165) is 11.1 Å². The van der Waals surface area contributed by atoms with Crippen molar-refractivity contribution in [2.75, 3.05) is 6.54 Å². The molecule has 1 amide bonds. The number of allylic oxidation sites excluding steroid dienone is 2. The van der Waals surface area contributed by atoms with Gasteiger partial charge in [0.2, 0.25) is 5.91 Å². The van der Waals surface area contributed by atoms with Gasteiger partial charge in [0.1, 0.15) is 0 Å². The second kappa shape index (κ2) is 6.46. The molecule has 0 radical (unpaired) electrons. The summed E-state index contributed by atoms with van der Waals surface area (Å²) < 4.78 is 0. The molecule has 0 fully saturated rings. The molecule has 1 aromatic rings. The summed E-state index contributed by atoms with van der Waals surface area (Å²) in [5, 5.41) is 0. The lowest BCUT2D eigenvalue weighted by atomic mass is 10.0. The molecule has 5 nitrogen and oxygen atoms in total. The third-order valence-electron chi connectivity index (χ3n) is 2.30. The Balaban J connectivity index is 3.24. The van der Waals surface area contributed by atoms with Gasteiger partial charge in [-0.2, -0.15) is 0 Å². The molecule has 94 valence electrons. The zero-order chi connectivity index (χ0) is 13.5. The fourth-order valence-corrected chi connectivity index (χ4v) is 1.42. The molecule has 0 aliphatic carbocycles. The average molecular weight is 244 g/mol. The number of primary amides is 1. The predicted octanol–water partition coefficient (Wildman–Crippen LogP) is 0.802. The van der Waals surface area contributed by atoms with E-state index in [-0.39, 0.29) is 6.54 Å². The molecule has 0 aromatic carbocycles. The third-order valence-corrected chi connectivity index (χ3v) is 2.30. The Morgan fingerprint density at radius 2 is 2.28 bits per heavy atom. The SMILES string of the molecule is C=N/C=C(\C=C(/CN)C(N)=O)c1cncc(C)c1. The Hall–Kier alpha value is -2.27. The molecular formula is C13H16N4O. The van der Waals surface area contributed by atoms with Crippen molar-refractivity contribution >= 4 is 18.2 Å². The van der Waals surface area contributed by atoms with E-state index in [9.17, 15) is 4.79 Å². The van der Waals surface area contributed by atoms with E-state index < -0.39 is 5.91 Å². The summed E-state index contributed by atoms with van der Waals surface area (Å²) in [5.41, 5.74) is 13.5. The number of rotatable bonds is 5. The van der Waals surface area contributed by atoms with Gasteiger partial charge in [-0.15, -0.1) is 0 Å². The van der Waals surface area contributed by atoms with Crippen LogP contribution in [0.25, 0.3) is 5.57 Å². The molecule has 1 rings (SSSR count). The smallest absolute Gasteiger partial charge is 0.245 e. The molecule has 0 aliphatic heterocycles. The number of hydrogen-bond acceptors (Lipinski definition) is 4. The Morgan fingerprint density at radius 1 is 1.56 bits per heavy atom. The largest absolute Gasteiger partial charge is 0.366 e. The lowest BCUT2D eigenvalue weighted by molar-refractivity contribution is -0.114. The quantitative estimate of drug-likeness (QED) is 0.455. The number of nitrogens with zero attached hydrogens (tertiary/aromatic N) is 2. The first kappa shape index (κ1) is 13.8. The van der Waals surface area contributed by atoms with Crippen molar-refractivity contribution in [2.45, 2.75) is 6.92 Å². The van der Waals surface area contributed by atoms with Crippen molar-refractivity contribution in [3.05, 3.63) is 47.4 Å². The number of aliphatic imine (C=N–C) groups is 1. The number of hydrogen-bond donors (Lipinski definition) is 2. The fourth-order valence-electron chi connectivity index (χ4n) is 1.42. The molecule has 0 saturated heterocycles. The van der Waals surface area contributed by atoms with E-state index >= 15 is 0 Å². The van der Waals surface area contributed by atoms with Crippen LogP contribution in [0.4, 0.5) is 0 Å². The maximum atomic E-state index is 11.2. The van der Waals surface area contributed by atoms with Gasteiger partial charge in [-0.25, -0.2) is 0 Å². The summed E-state index contributed by atoms with van der Waals surface area (Å²) in [7, 11) is 0. The lowest BCUT2D eigenvalue weighted by Gasteiger charge is -2.05. The van der Waals surface area contributed by atoms with Crippen LogP contribution in [0.5, 0.6) is 0 Å². The zero-order valence-electron chi connectivity index (χ0n) is 10.3. The summed E-state index contributed by atoms with van der Waals surface area (Å²) >= 11 is 0. The monoisotopic (exact) mass is 244 g/mol. The molecule has 0 unspecified atom stereocenters. The topological polar surface area (TPSA) is 94.4 Å². The van der Waals surface area contributed by atoms with Gasteiger partial charge in [0.15, 0.2) is 0 Å². The number of amides is 1. The maximum absolute atomic E-state index is 11.2. The van der Waals surface area contributed by atoms with Crippen molar-refractivity contribution in [1.82, 2.24) is 4.98 Å². The standard InChI is InChI=1S/C13H16N4O/c1-9-3-11(8-17-6-9)12(7-16-2)4-10(5-14)13(15)18/h3-4,6-8H,2,5,14H2,1H3,(H2,15,18)/b10-4+,12-7+. The van der Waals surface area contributed by atoms with Crippen molar-refractivity contribution in [2.24, 2.45) is 16.5 Å².